The number of rotatable bonds is 3. The maximum atomic E-state index is 2.45. The number of hydrogen-bond donors (Lipinski definition) is 0. The number of fused-ring (bicyclic) bond motifs is 7. The highest BCUT2D eigenvalue weighted by Crippen LogP contribution is 2.45. The molecule has 0 aliphatic carbocycles. The average Bonchev–Trinajstić information content (AvgIpc) is 3.42. The Labute approximate surface area is 249 Å². The van der Waals surface area contributed by atoms with Crippen LogP contribution < -0.4 is 0 Å². The molecule has 0 spiro atoms. The van der Waals surface area contributed by atoms with E-state index in [0.29, 0.717) is 0 Å². The molecule has 0 amide bonds. The molecule has 1 heteroatoms. The van der Waals surface area contributed by atoms with Gasteiger partial charge >= 0.3 is 0 Å². The van der Waals surface area contributed by atoms with Crippen molar-refractivity contribution >= 4 is 54.1 Å². The topological polar surface area (TPSA) is 4.93 Å². The van der Waals surface area contributed by atoms with Crippen LogP contribution in [0.3, 0.4) is 0 Å². The van der Waals surface area contributed by atoms with Crippen LogP contribution in [0.25, 0.3) is 82.1 Å². The van der Waals surface area contributed by atoms with Gasteiger partial charge < -0.3 is 4.57 Å². The van der Waals surface area contributed by atoms with E-state index < -0.39 is 0 Å². The Kier molecular flexibility index (Phi) is 5.27. The SMILES string of the molecule is c1ccc(-c2c3ccccc3c(-c3ccccc3)c3cc(-n4c5ccccc5c5c6ccccc6ccc54)ccc23)cc1. The molecule has 1 aromatic heterocycles. The minimum Gasteiger partial charge on any atom is -0.309 e. The van der Waals surface area contributed by atoms with Gasteiger partial charge in [0.15, 0.2) is 0 Å². The van der Waals surface area contributed by atoms with Gasteiger partial charge in [0, 0.05) is 16.5 Å². The molecule has 0 radical (unpaired) electrons. The summed E-state index contributed by atoms with van der Waals surface area (Å²) in [6.45, 7) is 0. The third kappa shape index (κ3) is 3.58. The predicted octanol–water partition coefficient (Wildman–Crippen LogP) is 11.6. The van der Waals surface area contributed by atoms with Gasteiger partial charge in [-0.3, -0.25) is 0 Å². The van der Waals surface area contributed by atoms with Gasteiger partial charge in [-0.15, -0.1) is 0 Å². The lowest BCUT2D eigenvalue weighted by molar-refractivity contribution is 1.19. The number of aromatic nitrogens is 1. The highest BCUT2D eigenvalue weighted by atomic mass is 15.0. The van der Waals surface area contributed by atoms with Crippen molar-refractivity contribution in [2.24, 2.45) is 0 Å². The van der Waals surface area contributed by atoms with E-state index in [2.05, 4.69) is 168 Å². The van der Waals surface area contributed by atoms with Gasteiger partial charge in [0.1, 0.15) is 0 Å². The van der Waals surface area contributed by atoms with E-state index in [9.17, 15) is 0 Å². The largest absolute Gasteiger partial charge is 0.309 e. The lowest BCUT2D eigenvalue weighted by atomic mass is 9.86. The molecule has 1 nitrogen and oxygen atoms in total. The van der Waals surface area contributed by atoms with E-state index >= 15 is 0 Å². The molecule has 1 heterocycles. The summed E-state index contributed by atoms with van der Waals surface area (Å²) in [4.78, 5) is 0. The van der Waals surface area contributed by atoms with Gasteiger partial charge in [0.25, 0.3) is 0 Å². The van der Waals surface area contributed by atoms with Crippen LogP contribution in [-0.2, 0) is 0 Å². The maximum Gasteiger partial charge on any atom is 0.0547 e. The molecule has 9 rings (SSSR count). The Hall–Kier alpha value is -5.66. The molecule has 200 valence electrons. The molecular weight excluding hydrogens is 518 g/mol. The minimum absolute atomic E-state index is 1.17. The molecule has 9 aromatic rings. The summed E-state index contributed by atoms with van der Waals surface area (Å²) < 4.78 is 2.45. The summed E-state index contributed by atoms with van der Waals surface area (Å²) in [6, 6.07) is 59.7. The molecular formula is C42H27N. The van der Waals surface area contributed by atoms with E-state index in [1.165, 1.54) is 82.1 Å². The zero-order valence-corrected chi connectivity index (χ0v) is 23.5. The summed E-state index contributed by atoms with van der Waals surface area (Å²) in [5, 5.41) is 10.2. The molecule has 0 saturated heterocycles. The van der Waals surface area contributed by atoms with Crippen LogP contribution in [0, 0.1) is 0 Å². The molecule has 0 N–H and O–H groups in total. The number of hydrogen-bond acceptors (Lipinski definition) is 0. The highest BCUT2D eigenvalue weighted by Gasteiger charge is 2.19. The van der Waals surface area contributed by atoms with Crippen molar-refractivity contribution in [3.05, 3.63) is 164 Å². The second kappa shape index (κ2) is 9.44. The Bertz CT molecular complexity index is 2480. The first-order valence-corrected chi connectivity index (χ1v) is 14.9. The average molecular weight is 546 g/mol. The Balaban J connectivity index is 1.45. The molecule has 0 unspecified atom stereocenters. The van der Waals surface area contributed by atoms with E-state index in [4.69, 9.17) is 0 Å². The van der Waals surface area contributed by atoms with Crippen LogP contribution in [0.1, 0.15) is 0 Å². The van der Waals surface area contributed by atoms with Crippen molar-refractivity contribution in [2.45, 2.75) is 0 Å². The fraction of sp³-hybridized carbons (Fsp3) is 0. The van der Waals surface area contributed by atoms with Crippen LogP contribution in [0.2, 0.25) is 0 Å². The van der Waals surface area contributed by atoms with Crippen LogP contribution >= 0.6 is 0 Å². The van der Waals surface area contributed by atoms with Crippen LogP contribution in [0.15, 0.2) is 164 Å². The molecule has 0 saturated carbocycles. The van der Waals surface area contributed by atoms with Crippen molar-refractivity contribution in [1.82, 2.24) is 4.57 Å². The third-order valence-electron chi connectivity index (χ3n) is 8.95. The van der Waals surface area contributed by atoms with E-state index in [-0.39, 0.29) is 0 Å². The van der Waals surface area contributed by atoms with Gasteiger partial charge in [-0.2, -0.15) is 0 Å². The zero-order chi connectivity index (χ0) is 28.3. The Morgan fingerprint density at radius 1 is 0.326 bits per heavy atom. The van der Waals surface area contributed by atoms with Crippen molar-refractivity contribution in [1.29, 1.82) is 0 Å². The molecule has 0 fully saturated rings. The van der Waals surface area contributed by atoms with Crippen LogP contribution in [-0.4, -0.2) is 4.57 Å². The first-order chi connectivity index (χ1) is 21.4. The highest BCUT2D eigenvalue weighted by molar-refractivity contribution is 6.23. The monoisotopic (exact) mass is 545 g/mol. The van der Waals surface area contributed by atoms with Gasteiger partial charge in [-0.25, -0.2) is 0 Å². The summed E-state index contributed by atoms with van der Waals surface area (Å²) in [5.74, 6) is 0. The van der Waals surface area contributed by atoms with Crippen molar-refractivity contribution < 1.29 is 0 Å². The second-order valence-electron chi connectivity index (χ2n) is 11.3. The van der Waals surface area contributed by atoms with Crippen molar-refractivity contribution in [3.8, 4) is 27.9 Å². The smallest absolute Gasteiger partial charge is 0.0547 e. The van der Waals surface area contributed by atoms with Gasteiger partial charge in [0.2, 0.25) is 0 Å². The van der Waals surface area contributed by atoms with E-state index in [1.807, 2.05) is 0 Å². The summed E-state index contributed by atoms with van der Waals surface area (Å²) in [5.41, 5.74) is 8.64. The third-order valence-corrected chi connectivity index (χ3v) is 8.95. The standard InChI is InChI=1S/C42H27N/c1-3-14-29(15-4-1)40-33-19-9-10-20-34(33)41(30-16-5-2-6-17-30)37-27-31(24-25-35(37)40)43-38-22-12-11-21-36(38)42-32-18-8-7-13-28(32)23-26-39(42)43/h1-27H. The molecule has 0 aliphatic rings. The fourth-order valence-corrected chi connectivity index (χ4v) is 7.15. The number of para-hydroxylation sites is 1. The minimum atomic E-state index is 1.17. The fourth-order valence-electron chi connectivity index (χ4n) is 7.15. The number of nitrogens with zero attached hydrogens (tertiary/aromatic N) is 1. The van der Waals surface area contributed by atoms with Gasteiger partial charge in [-0.1, -0.05) is 140 Å². The van der Waals surface area contributed by atoms with E-state index in [0.717, 1.165) is 0 Å². The van der Waals surface area contributed by atoms with Crippen LogP contribution in [0.4, 0.5) is 0 Å². The Morgan fingerprint density at radius 3 is 1.56 bits per heavy atom. The van der Waals surface area contributed by atoms with Crippen molar-refractivity contribution in [3.63, 3.8) is 0 Å². The predicted molar refractivity (Wildman–Crippen MR) is 184 cm³/mol. The first-order valence-electron chi connectivity index (χ1n) is 14.9. The molecule has 43 heavy (non-hydrogen) atoms. The molecule has 0 aliphatic heterocycles. The van der Waals surface area contributed by atoms with Gasteiger partial charge in [-0.05, 0) is 78.8 Å². The second-order valence-corrected chi connectivity index (χ2v) is 11.3. The number of benzene rings is 8. The summed E-state index contributed by atoms with van der Waals surface area (Å²) >= 11 is 0. The maximum absolute atomic E-state index is 2.45. The Morgan fingerprint density at radius 2 is 0.860 bits per heavy atom. The first kappa shape index (κ1) is 24.0. The zero-order valence-electron chi connectivity index (χ0n) is 23.5. The lowest BCUT2D eigenvalue weighted by Crippen LogP contribution is -1.96. The summed E-state index contributed by atoms with van der Waals surface area (Å²) in [6.07, 6.45) is 0. The molecule has 8 aromatic carbocycles. The molecule has 0 bridgehead atoms. The van der Waals surface area contributed by atoms with E-state index in [1.54, 1.807) is 0 Å². The van der Waals surface area contributed by atoms with Crippen molar-refractivity contribution in [2.75, 3.05) is 0 Å². The lowest BCUT2D eigenvalue weighted by Gasteiger charge is -2.19. The summed E-state index contributed by atoms with van der Waals surface area (Å²) in [7, 11) is 0. The van der Waals surface area contributed by atoms with Crippen LogP contribution in [0.5, 0.6) is 0 Å². The molecule has 0 atom stereocenters. The normalized spacial score (nSPS) is 11.7. The quantitative estimate of drug-likeness (QED) is 0.195. The van der Waals surface area contributed by atoms with Gasteiger partial charge in [0.05, 0.1) is 11.0 Å².